The van der Waals surface area contributed by atoms with Crippen molar-refractivity contribution in [3.8, 4) is 28.5 Å². The Morgan fingerprint density at radius 1 is 1.25 bits per heavy atom. The van der Waals surface area contributed by atoms with Crippen LogP contribution in [0.4, 0.5) is 5.69 Å². The molecule has 10 heteroatoms. The molecule has 3 rings (SSSR count). The summed E-state index contributed by atoms with van der Waals surface area (Å²) >= 11 is 17.4. The van der Waals surface area contributed by atoms with Crippen molar-refractivity contribution in [3.05, 3.63) is 47.6 Å². The number of nitrogens with one attached hydrogen (secondary N) is 1. The van der Waals surface area contributed by atoms with Gasteiger partial charge in [-0.15, -0.1) is 0 Å². The zero-order chi connectivity index (χ0) is 20.1. The number of carbonyl (C=O) groups is 1. The number of methoxy groups -OCH3 is 1. The number of rotatable bonds is 7. The summed E-state index contributed by atoms with van der Waals surface area (Å²) in [4.78, 5) is 14.7. The van der Waals surface area contributed by atoms with Crippen molar-refractivity contribution in [2.75, 3.05) is 19.2 Å². The van der Waals surface area contributed by atoms with Gasteiger partial charge in [0.25, 0.3) is 5.91 Å². The van der Waals surface area contributed by atoms with Gasteiger partial charge in [0.1, 0.15) is 17.1 Å². The third-order valence-electron chi connectivity index (χ3n) is 3.55. The van der Waals surface area contributed by atoms with Crippen LogP contribution in [-0.4, -0.2) is 34.8 Å². The quantitative estimate of drug-likeness (QED) is 0.418. The first kappa shape index (κ1) is 20.4. The van der Waals surface area contributed by atoms with E-state index in [0.717, 1.165) is 0 Å². The molecule has 0 saturated heterocycles. The van der Waals surface area contributed by atoms with Crippen molar-refractivity contribution < 1.29 is 18.8 Å². The predicted molar refractivity (Wildman–Crippen MR) is 107 cm³/mol. The normalized spacial score (nSPS) is 10.9. The minimum atomic E-state index is -1.18. The maximum atomic E-state index is 11.6. The summed E-state index contributed by atoms with van der Waals surface area (Å²) in [6, 6.07) is 10.1. The standard InChI is InChI=1S/C18H14Cl3N3O4/c1-26-9-27-14-4-2-3-11(19)16(14)13-8-15(28-24-13)12-7-10(5-6-22-12)23-18(25)17(20)21/h2-8,17H,9H2,1H3,(H,22,23,25). The van der Waals surface area contributed by atoms with Gasteiger partial charge in [-0.1, -0.05) is 46.0 Å². The van der Waals surface area contributed by atoms with E-state index >= 15 is 0 Å². The Bertz CT molecular complexity index is 978. The number of anilines is 1. The Hall–Kier alpha value is -2.32. The van der Waals surface area contributed by atoms with Gasteiger partial charge in [-0.05, 0) is 24.3 Å². The molecular formula is C18H14Cl3N3O4. The Kier molecular flexibility index (Phi) is 6.74. The minimum absolute atomic E-state index is 0.0590. The van der Waals surface area contributed by atoms with Crippen LogP contribution in [0.15, 0.2) is 47.1 Å². The number of amides is 1. The molecule has 0 fully saturated rings. The van der Waals surface area contributed by atoms with Gasteiger partial charge >= 0.3 is 0 Å². The molecule has 0 atom stereocenters. The second kappa shape index (κ2) is 9.25. The van der Waals surface area contributed by atoms with Crippen LogP contribution >= 0.6 is 34.8 Å². The number of ether oxygens (including phenoxy) is 2. The smallest absolute Gasteiger partial charge is 0.257 e. The van der Waals surface area contributed by atoms with Gasteiger partial charge in [-0.25, -0.2) is 0 Å². The van der Waals surface area contributed by atoms with E-state index in [1.165, 1.54) is 13.3 Å². The lowest BCUT2D eigenvalue weighted by Gasteiger charge is -2.09. The lowest BCUT2D eigenvalue weighted by atomic mass is 10.1. The summed E-state index contributed by atoms with van der Waals surface area (Å²) in [6.45, 7) is 0.0590. The molecule has 3 aromatic rings. The summed E-state index contributed by atoms with van der Waals surface area (Å²) in [7, 11) is 1.52. The SMILES string of the molecule is COCOc1cccc(Cl)c1-c1cc(-c2cc(NC(=O)C(Cl)Cl)ccn2)on1. The van der Waals surface area contributed by atoms with Gasteiger partial charge in [-0.2, -0.15) is 0 Å². The number of benzene rings is 1. The first-order chi connectivity index (χ1) is 13.5. The molecule has 2 aromatic heterocycles. The monoisotopic (exact) mass is 441 g/mol. The molecule has 146 valence electrons. The Labute approximate surface area is 175 Å². The van der Waals surface area contributed by atoms with E-state index in [-0.39, 0.29) is 6.79 Å². The Balaban J connectivity index is 1.90. The molecular weight excluding hydrogens is 429 g/mol. The molecule has 28 heavy (non-hydrogen) atoms. The molecule has 1 N–H and O–H groups in total. The zero-order valence-electron chi connectivity index (χ0n) is 14.5. The van der Waals surface area contributed by atoms with E-state index in [2.05, 4.69) is 15.5 Å². The highest BCUT2D eigenvalue weighted by molar-refractivity contribution is 6.54. The topological polar surface area (TPSA) is 86.5 Å². The fourth-order valence-electron chi connectivity index (χ4n) is 2.35. The van der Waals surface area contributed by atoms with Crippen molar-refractivity contribution in [2.24, 2.45) is 0 Å². The second-order valence-electron chi connectivity index (χ2n) is 5.46. The largest absolute Gasteiger partial charge is 0.467 e. The van der Waals surface area contributed by atoms with E-state index in [4.69, 9.17) is 48.8 Å². The van der Waals surface area contributed by atoms with Crippen LogP contribution in [-0.2, 0) is 9.53 Å². The number of carbonyl (C=O) groups excluding carboxylic acids is 1. The first-order valence-corrected chi connectivity index (χ1v) is 9.17. The maximum Gasteiger partial charge on any atom is 0.257 e. The molecule has 0 bridgehead atoms. The fraction of sp³-hybridized carbons (Fsp3) is 0.167. The molecule has 0 spiro atoms. The van der Waals surface area contributed by atoms with Crippen LogP contribution in [0.1, 0.15) is 0 Å². The van der Waals surface area contributed by atoms with Gasteiger partial charge in [0.2, 0.25) is 0 Å². The van der Waals surface area contributed by atoms with Crippen LogP contribution in [0.5, 0.6) is 5.75 Å². The van der Waals surface area contributed by atoms with E-state index in [0.29, 0.717) is 39.2 Å². The summed E-state index contributed by atoms with van der Waals surface area (Å²) in [5.74, 6) is 0.324. The molecule has 2 heterocycles. The van der Waals surface area contributed by atoms with Crippen molar-refractivity contribution in [1.82, 2.24) is 10.1 Å². The van der Waals surface area contributed by atoms with Crippen molar-refractivity contribution >= 4 is 46.4 Å². The lowest BCUT2D eigenvalue weighted by molar-refractivity contribution is -0.114. The first-order valence-electron chi connectivity index (χ1n) is 7.92. The minimum Gasteiger partial charge on any atom is -0.467 e. The van der Waals surface area contributed by atoms with Gasteiger partial charge in [-0.3, -0.25) is 9.78 Å². The van der Waals surface area contributed by atoms with Crippen LogP contribution in [0.25, 0.3) is 22.7 Å². The average molecular weight is 443 g/mol. The number of aromatic nitrogens is 2. The maximum absolute atomic E-state index is 11.6. The second-order valence-corrected chi connectivity index (χ2v) is 6.96. The Morgan fingerprint density at radius 3 is 2.82 bits per heavy atom. The highest BCUT2D eigenvalue weighted by atomic mass is 35.5. The molecule has 7 nitrogen and oxygen atoms in total. The van der Waals surface area contributed by atoms with Crippen LogP contribution in [0, 0.1) is 0 Å². The van der Waals surface area contributed by atoms with E-state index in [1.807, 2.05) is 0 Å². The molecule has 0 saturated carbocycles. The van der Waals surface area contributed by atoms with Gasteiger partial charge in [0.05, 0.1) is 10.6 Å². The van der Waals surface area contributed by atoms with Crippen LogP contribution in [0.2, 0.25) is 5.02 Å². The van der Waals surface area contributed by atoms with Crippen LogP contribution in [0.3, 0.4) is 0 Å². The third kappa shape index (κ3) is 4.74. The highest BCUT2D eigenvalue weighted by Crippen LogP contribution is 2.37. The third-order valence-corrected chi connectivity index (χ3v) is 4.26. The van der Waals surface area contributed by atoms with E-state index in [1.54, 1.807) is 36.4 Å². The molecule has 1 aromatic carbocycles. The molecule has 0 aliphatic heterocycles. The number of hydrogen-bond acceptors (Lipinski definition) is 6. The number of pyridine rings is 1. The van der Waals surface area contributed by atoms with E-state index in [9.17, 15) is 4.79 Å². The molecule has 0 aliphatic carbocycles. The molecule has 0 unspecified atom stereocenters. The predicted octanol–water partition coefficient (Wildman–Crippen LogP) is 4.78. The van der Waals surface area contributed by atoms with Gasteiger partial charge in [0.15, 0.2) is 17.4 Å². The lowest BCUT2D eigenvalue weighted by Crippen LogP contribution is -2.18. The average Bonchev–Trinajstić information content (AvgIpc) is 3.16. The number of nitrogens with zero attached hydrogens (tertiary/aromatic N) is 2. The molecule has 1 amide bonds. The molecule has 0 radical (unpaired) electrons. The Morgan fingerprint density at radius 2 is 2.07 bits per heavy atom. The van der Waals surface area contributed by atoms with Crippen molar-refractivity contribution in [3.63, 3.8) is 0 Å². The summed E-state index contributed by atoms with van der Waals surface area (Å²) < 4.78 is 15.9. The summed E-state index contributed by atoms with van der Waals surface area (Å²) in [5.41, 5.74) is 1.93. The van der Waals surface area contributed by atoms with Gasteiger partial charge in [0, 0.05) is 25.1 Å². The number of alkyl halides is 2. The fourth-order valence-corrected chi connectivity index (χ4v) is 2.72. The van der Waals surface area contributed by atoms with Gasteiger partial charge < -0.3 is 19.3 Å². The number of halogens is 3. The zero-order valence-corrected chi connectivity index (χ0v) is 16.8. The highest BCUT2D eigenvalue weighted by Gasteiger charge is 2.18. The number of hydrogen-bond donors (Lipinski definition) is 1. The van der Waals surface area contributed by atoms with Crippen molar-refractivity contribution in [2.45, 2.75) is 4.84 Å². The van der Waals surface area contributed by atoms with E-state index < -0.39 is 10.7 Å². The molecule has 0 aliphatic rings. The summed E-state index contributed by atoms with van der Waals surface area (Å²) in [6.07, 6.45) is 1.51. The summed E-state index contributed by atoms with van der Waals surface area (Å²) in [5, 5.41) is 7.08. The van der Waals surface area contributed by atoms with Crippen molar-refractivity contribution in [1.29, 1.82) is 0 Å². The van der Waals surface area contributed by atoms with Crippen LogP contribution < -0.4 is 10.1 Å².